The molecule has 0 radical (unpaired) electrons. The Labute approximate surface area is 126 Å². The second-order valence-corrected chi connectivity index (χ2v) is 6.43. The van der Waals surface area contributed by atoms with Crippen molar-refractivity contribution in [2.45, 2.75) is 26.7 Å². The molecule has 4 nitrogen and oxygen atoms in total. The summed E-state index contributed by atoms with van der Waals surface area (Å²) in [4.78, 5) is 24.2. The highest BCUT2D eigenvalue weighted by molar-refractivity contribution is 9.10. The number of imidazole rings is 1. The van der Waals surface area contributed by atoms with Gasteiger partial charge in [-0.2, -0.15) is 0 Å². The smallest absolute Gasteiger partial charge is 0.295 e. The lowest BCUT2D eigenvalue weighted by Gasteiger charge is -2.07. The zero-order valence-electron chi connectivity index (χ0n) is 12.2. The molecule has 1 aromatic heterocycles. The summed E-state index contributed by atoms with van der Waals surface area (Å²) in [6.45, 7) is 4.21. The molecule has 0 spiro atoms. The Morgan fingerprint density at radius 2 is 1.75 bits per heavy atom. The zero-order valence-corrected chi connectivity index (χ0v) is 13.8. The van der Waals surface area contributed by atoms with Gasteiger partial charge in [0.2, 0.25) is 0 Å². The number of rotatable bonds is 4. The highest BCUT2D eigenvalue weighted by Gasteiger charge is 2.16. The van der Waals surface area contributed by atoms with Gasteiger partial charge in [0.25, 0.3) is 0 Å². The van der Waals surface area contributed by atoms with E-state index in [4.69, 9.17) is 0 Å². The molecule has 0 unspecified atom stereocenters. The summed E-state index contributed by atoms with van der Waals surface area (Å²) < 4.78 is 3.91. The first-order valence-electron chi connectivity index (χ1n) is 6.71. The van der Waals surface area contributed by atoms with Crippen LogP contribution in [0.25, 0.3) is 11.0 Å². The summed E-state index contributed by atoms with van der Waals surface area (Å²) in [5.74, 6) is 0.617. The van der Waals surface area contributed by atoms with Crippen LogP contribution in [0.2, 0.25) is 0 Å². The minimum atomic E-state index is -0.0846. The van der Waals surface area contributed by atoms with Gasteiger partial charge >= 0.3 is 5.69 Å². The number of hydrogen-bond donors (Lipinski definition) is 0. The van der Waals surface area contributed by atoms with E-state index in [9.17, 15) is 9.59 Å². The van der Waals surface area contributed by atoms with Gasteiger partial charge in [-0.25, -0.2) is 4.79 Å². The first-order valence-corrected chi connectivity index (χ1v) is 7.50. The molecule has 0 N–H and O–H groups in total. The van der Waals surface area contributed by atoms with E-state index < -0.39 is 0 Å². The summed E-state index contributed by atoms with van der Waals surface area (Å²) in [6, 6.07) is 3.66. The van der Waals surface area contributed by atoms with Crippen LogP contribution >= 0.6 is 15.9 Å². The van der Waals surface area contributed by atoms with Crippen LogP contribution in [0.5, 0.6) is 0 Å². The molecule has 2 rings (SSSR count). The van der Waals surface area contributed by atoms with Crippen LogP contribution in [-0.2, 0) is 14.1 Å². The van der Waals surface area contributed by atoms with Gasteiger partial charge in [0.15, 0.2) is 5.78 Å². The Kier molecular flexibility index (Phi) is 4.18. The van der Waals surface area contributed by atoms with Crippen molar-refractivity contribution in [3.8, 4) is 0 Å². The molecule has 0 amide bonds. The third-order valence-electron chi connectivity index (χ3n) is 3.61. The fourth-order valence-electron chi connectivity index (χ4n) is 2.29. The van der Waals surface area contributed by atoms with Gasteiger partial charge in [0.05, 0.1) is 11.0 Å². The maximum Gasteiger partial charge on any atom is 0.328 e. The molecule has 20 heavy (non-hydrogen) atoms. The molecule has 5 heteroatoms. The van der Waals surface area contributed by atoms with E-state index in [2.05, 4.69) is 29.8 Å². The van der Waals surface area contributed by atoms with Gasteiger partial charge in [-0.1, -0.05) is 13.8 Å². The van der Waals surface area contributed by atoms with Crippen molar-refractivity contribution in [1.29, 1.82) is 0 Å². The minimum Gasteiger partial charge on any atom is -0.295 e. The topological polar surface area (TPSA) is 44.0 Å². The summed E-state index contributed by atoms with van der Waals surface area (Å²) in [6.07, 6.45) is 1.40. The minimum absolute atomic E-state index is 0.0846. The molecule has 1 aromatic carbocycles. The van der Waals surface area contributed by atoms with E-state index in [1.165, 1.54) is 0 Å². The number of hydrogen-bond acceptors (Lipinski definition) is 2. The second-order valence-electron chi connectivity index (χ2n) is 5.58. The first-order chi connectivity index (χ1) is 9.32. The Balaban J connectivity index is 2.50. The predicted octanol–water partition coefficient (Wildman–Crippen LogP) is 3.26. The van der Waals surface area contributed by atoms with Crippen LogP contribution in [0.4, 0.5) is 0 Å². The van der Waals surface area contributed by atoms with E-state index >= 15 is 0 Å². The van der Waals surface area contributed by atoms with Gasteiger partial charge in [-0.15, -0.1) is 0 Å². The molecule has 0 aliphatic carbocycles. The fraction of sp³-hybridized carbons (Fsp3) is 0.467. The normalized spacial score (nSPS) is 11.5. The molecule has 0 atom stereocenters. The first kappa shape index (κ1) is 15.0. The summed E-state index contributed by atoms with van der Waals surface area (Å²) in [5, 5.41) is 0. The van der Waals surface area contributed by atoms with Gasteiger partial charge in [0, 0.05) is 30.6 Å². The van der Waals surface area contributed by atoms with Gasteiger partial charge in [0.1, 0.15) is 0 Å². The number of benzene rings is 1. The van der Waals surface area contributed by atoms with Gasteiger partial charge in [-0.3, -0.25) is 13.9 Å². The van der Waals surface area contributed by atoms with Crippen LogP contribution < -0.4 is 5.69 Å². The van der Waals surface area contributed by atoms with E-state index in [0.29, 0.717) is 17.9 Å². The van der Waals surface area contributed by atoms with Crippen LogP contribution in [0.1, 0.15) is 37.0 Å². The molecule has 1 heterocycles. The van der Waals surface area contributed by atoms with Crippen LogP contribution in [-0.4, -0.2) is 14.9 Å². The molecule has 2 aromatic rings. The lowest BCUT2D eigenvalue weighted by Crippen LogP contribution is -2.19. The molecule has 0 saturated carbocycles. The number of carbonyl (C=O) groups excluding carboxylic acids is 1. The largest absolute Gasteiger partial charge is 0.328 e. The number of ketones is 1. The average molecular weight is 339 g/mol. The maximum atomic E-state index is 12.3. The van der Waals surface area contributed by atoms with Crippen molar-refractivity contribution in [3.05, 3.63) is 32.7 Å². The van der Waals surface area contributed by atoms with Crippen LogP contribution in [0.15, 0.2) is 21.4 Å². The van der Waals surface area contributed by atoms with E-state index in [-0.39, 0.29) is 11.5 Å². The predicted molar refractivity (Wildman–Crippen MR) is 84.3 cm³/mol. The number of halogens is 1. The van der Waals surface area contributed by atoms with E-state index in [1.54, 1.807) is 23.2 Å². The number of Topliss-reactive ketones (excluding diaryl/α,β-unsaturated/α-hetero) is 1. The van der Waals surface area contributed by atoms with Crippen molar-refractivity contribution < 1.29 is 4.79 Å². The summed E-state index contributed by atoms with van der Waals surface area (Å²) in [5.41, 5.74) is 2.18. The van der Waals surface area contributed by atoms with Crippen LogP contribution in [0.3, 0.4) is 0 Å². The molecular formula is C15H19BrN2O2. The zero-order chi connectivity index (χ0) is 15.0. The fourth-order valence-corrected chi connectivity index (χ4v) is 2.84. The van der Waals surface area contributed by atoms with E-state index in [1.807, 2.05) is 12.1 Å². The highest BCUT2D eigenvalue weighted by atomic mass is 79.9. The molecule has 0 aliphatic heterocycles. The Bertz CT molecular complexity index is 726. The lowest BCUT2D eigenvalue weighted by atomic mass is 10.0. The number of aromatic nitrogens is 2. The van der Waals surface area contributed by atoms with Crippen molar-refractivity contribution >= 4 is 32.7 Å². The maximum absolute atomic E-state index is 12.3. The SMILES string of the molecule is CC(C)CCC(=O)c1cc2c(cc1Br)n(C)c(=O)n2C. The molecule has 108 valence electrons. The Morgan fingerprint density at radius 1 is 1.20 bits per heavy atom. The standard InChI is InChI=1S/C15H19BrN2O2/c1-9(2)5-6-14(19)10-7-12-13(8-11(10)16)18(4)15(20)17(12)3/h7-9H,5-6H2,1-4H3. The quantitative estimate of drug-likeness (QED) is 0.803. The van der Waals surface area contributed by atoms with Crippen molar-refractivity contribution in [2.75, 3.05) is 0 Å². The van der Waals surface area contributed by atoms with E-state index in [0.717, 1.165) is 21.9 Å². The Morgan fingerprint density at radius 3 is 2.30 bits per heavy atom. The number of aryl methyl sites for hydroxylation is 2. The monoisotopic (exact) mass is 338 g/mol. The lowest BCUT2D eigenvalue weighted by molar-refractivity contribution is 0.0975. The summed E-state index contributed by atoms with van der Waals surface area (Å²) in [7, 11) is 3.46. The van der Waals surface area contributed by atoms with Crippen LogP contribution in [0, 0.1) is 5.92 Å². The van der Waals surface area contributed by atoms with Crippen molar-refractivity contribution in [1.82, 2.24) is 9.13 Å². The third kappa shape index (κ3) is 2.59. The van der Waals surface area contributed by atoms with Crippen molar-refractivity contribution in [2.24, 2.45) is 20.0 Å². The van der Waals surface area contributed by atoms with Gasteiger partial charge < -0.3 is 0 Å². The number of fused-ring (bicyclic) bond motifs is 1. The van der Waals surface area contributed by atoms with Gasteiger partial charge in [-0.05, 0) is 40.4 Å². The molecule has 0 bridgehead atoms. The molecular weight excluding hydrogens is 320 g/mol. The third-order valence-corrected chi connectivity index (χ3v) is 4.27. The highest BCUT2D eigenvalue weighted by Crippen LogP contribution is 2.25. The molecule has 0 fully saturated rings. The number of carbonyl (C=O) groups is 1. The molecule has 0 aliphatic rings. The van der Waals surface area contributed by atoms with Crippen molar-refractivity contribution in [3.63, 3.8) is 0 Å². The average Bonchev–Trinajstić information content (AvgIpc) is 2.60. The second kappa shape index (κ2) is 5.56. The Hall–Kier alpha value is -1.36. The summed E-state index contributed by atoms with van der Waals surface area (Å²) >= 11 is 3.45. The molecule has 0 saturated heterocycles. The number of nitrogens with zero attached hydrogens (tertiary/aromatic N) is 2.